The first-order valence-electron chi connectivity index (χ1n) is 13.3. The number of benzene rings is 2. The Morgan fingerprint density at radius 1 is 1.00 bits per heavy atom. The third-order valence-electron chi connectivity index (χ3n) is 9.11. The van der Waals surface area contributed by atoms with Gasteiger partial charge in [-0.1, -0.05) is 57.4 Å². The Bertz CT molecular complexity index is 1210. The summed E-state index contributed by atoms with van der Waals surface area (Å²) in [4.78, 5) is 11.5. The van der Waals surface area contributed by atoms with Gasteiger partial charge in [0.25, 0.3) is 0 Å². The van der Waals surface area contributed by atoms with E-state index < -0.39 is 17.7 Å². The van der Waals surface area contributed by atoms with Crippen LogP contribution in [0.5, 0.6) is 0 Å². The van der Waals surface area contributed by atoms with Gasteiger partial charge in [-0.25, -0.2) is 4.39 Å². The monoisotopic (exact) mass is 486 g/mol. The molecule has 3 saturated carbocycles. The zero-order valence-electron chi connectivity index (χ0n) is 21.4. The molecule has 3 aliphatic rings. The van der Waals surface area contributed by atoms with Gasteiger partial charge in [0.15, 0.2) is 0 Å². The zero-order chi connectivity index (χ0) is 25.9. The first kappa shape index (κ1) is 25.9. The van der Waals surface area contributed by atoms with Crippen molar-refractivity contribution in [2.45, 2.75) is 95.8 Å². The number of carbonyl (C=O) groups is 1. The number of hydrogen-bond donors (Lipinski definition) is 1. The minimum atomic E-state index is -1.06. The highest BCUT2D eigenvalue weighted by Gasteiger charge is 2.49. The van der Waals surface area contributed by atoms with Crippen LogP contribution in [0.25, 0.3) is 11.1 Å². The van der Waals surface area contributed by atoms with Crippen LogP contribution >= 0.6 is 0 Å². The molecule has 188 valence electrons. The van der Waals surface area contributed by atoms with E-state index in [0.29, 0.717) is 22.1 Å². The number of halogens is 1. The standard InChI is InChI=1S/C31H35FN2O2/c1-3-5-6-11-30-12-15-31(16-13-30,17-14-30)27-10-9-23(25(19-33)26(27)20-34)21-7-8-24(28(32)18-21)22(4-2)29(35)36/h7-10,18,22H,3-6,11-17H2,1-2H3,(H,35,36). The Hall–Kier alpha value is -3.18. The number of nitriles is 2. The van der Waals surface area contributed by atoms with E-state index in [9.17, 15) is 24.8 Å². The number of carboxylic acids is 1. The number of unbranched alkanes of at least 4 members (excludes halogenated alkanes) is 2. The molecule has 0 aliphatic heterocycles. The third-order valence-corrected chi connectivity index (χ3v) is 9.11. The lowest BCUT2D eigenvalue weighted by molar-refractivity contribution is -0.138. The molecule has 3 fully saturated rings. The van der Waals surface area contributed by atoms with Gasteiger partial charge in [0, 0.05) is 11.1 Å². The predicted octanol–water partition coefficient (Wildman–Crippen LogP) is 7.99. The van der Waals surface area contributed by atoms with Gasteiger partial charge in [0.05, 0.1) is 17.0 Å². The van der Waals surface area contributed by atoms with Crippen LogP contribution in [0.15, 0.2) is 30.3 Å². The van der Waals surface area contributed by atoms with Crippen LogP contribution in [0.3, 0.4) is 0 Å². The van der Waals surface area contributed by atoms with Crippen molar-refractivity contribution in [3.8, 4) is 23.3 Å². The third kappa shape index (κ3) is 4.53. The molecule has 5 heteroatoms. The van der Waals surface area contributed by atoms with Crippen LogP contribution in [-0.4, -0.2) is 11.1 Å². The maximum absolute atomic E-state index is 15.0. The Labute approximate surface area is 213 Å². The summed E-state index contributed by atoms with van der Waals surface area (Å²) in [6.07, 6.45) is 12.1. The summed E-state index contributed by atoms with van der Waals surface area (Å²) in [5, 5.41) is 29.7. The van der Waals surface area contributed by atoms with Crippen molar-refractivity contribution in [1.29, 1.82) is 10.5 Å². The zero-order valence-corrected chi connectivity index (χ0v) is 21.4. The van der Waals surface area contributed by atoms with E-state index in [1.54, 1.807) is 13.0 Å². The molecule has 4 nitrogen and oxygen atoms in total. The Balaban J connectivity index is 1.68. The lowest BCUT2D eigenvalue weighted by Gasteiger charge is -2.54. The summed E-state index contributed by atoms with van der Waals surface area (Å²) >= 11 is 0. The predicted molar refractivity (Wildman–Crippen MR) is 138 cm³/mol. The van der Waals surface area contributed by atoms with Gasteiger partial charge in [-0.3, -0.25) is 4.79 Å². The molecule has 1 unspecified atom stereocenters. The molecule has 0 saturated heterocycles. The van der Waals surface area contributed by atoms with E-state index in [1.807, 2.05) is 12.1 Å². The minimum absolute atomic E-state index is 0.0629. The average Bonchev–Trinajstić information content (AvgIpc) is 2.90. The SMILES string of the molecule is CCCCCC12CCC(c3ccc(-c4ccc(C(CC)C(=O)O)c(F)c4)c(C#N)c3C#N)(CC1)CC2. The number of rotatable bonds is 9. The van der Waals surface area contributed by atoms with Crippen LogP contribution in [0.1, 0.15) is 113 Å². The molecule has 0 aromatic heterocycles. The van der Waals surface area contributed by atoms with Crippen molar-refractivity contribution < 1.29 is 14.3 Å². The smallest absolute Gasteiger partial charge is 0.311 e. The van der Waals surface area contributed by atoms with Crippen molar-refractivity contribution in [1.82, 2.24) is 0 Å². The summed E-state index contributed by atoms with van der Waals surface area (Å²) in [5.41, 5.74) is 3.19. The second-order valence-corrected chi connectivity index (χ2v) is 10.9. The number of fused-ring (bicyclic) bond motifs is 3. The summed E-state index contributed by atoms with van der Waals surface area (Å²) in [6.45, 7) is 3.95. The van der Waals surface area contributed by atoms with E-state index in [4.69, 9.17) is 0 Å². The fraction of sp³-hybridized carbons (Fsp3) is 0.516. The summed E-state index contributed by atoms with van der Waals surface area (Å²) in [6, 6.07) is 12.8. The first-order valence-corrected chi connectivity index (χ1v) is 13.3. The molecule has 1 atom stereocenters. The van der Waals surface area contributed by atoms with Gasteiger partial charge in [-0.2, -0.15) is 10.5 Å². The van der Waals surface area contributed by atoms with Gasteiger partial charge < -0.3 is 5.11 Å². The quantitative estimate of drug-likeness (QED) is 0.364. The highest BCUT2D eigenvalue weighted by molar-refractivity contribution is 5.78. The maximum Gasteiger partial charge on any atom is 0.311 e. The molecule has 2 bridgehead atoms. The molecule has 0 spiro atoms. The molecular weight excluding hydrogens is 451 g/mol. The molecule has 2 aromatic carbocycles. The van der Waals surface area contributed by atoms with E-state index in [2.05, 4.69) is 19.1 Å². The Morgan fingerprint density at radius 3 is 2.19 bits per heavy atom. The summed E-state index contributed by atoms with van der Waals surface area (Å²) in [7, 11) is 0. The summed E-state index contributed by atoms with van der Waals surface area (Å²) < 4.78 is 15.0. The van der Waals surface area contributed by atoms with Gasteiger partial charge in [-0.15, -0.1) is 0 Å². The lowest BCUT2D eigenvalue weighted by Crippen LogP contribution is -2.44. The molecule has 0 heterocycles. The number of aliphatic carboxylic acids is 1. The van der Waals surface area contributed by atoms with Gasteiger partial charge >= 0.3 is 5.97 Å². The van der Waals surface area contributed by atoms with Gasteiger partial charge in [0.1, 0.15) is 18.0 Å². The van der Waals surface area contributed by atoms with Crippen molar-refractivity contribution in [3.63, 3.8) is 0 Å². The van der Waals surface area contributed by atoms with Crippen LogP contribution in [-0.2, 0) is 10.2 Å². The van der Waals surface area contributed by atoms with E-state index in [1.165, 1.54) is 57.1 Å². The van der Waals surface area contributed by atoms with Gasteiger partial charge in [0.2, 0.25) is 0 Å². The fourth-order valence-electron chi connectivity index (χ4n) is 6.81. The molecular formula is C31H35FN2O2. The molecule has 0 radical (unpaired) electrons. The molecule has 3 aliphatic carbocycles. The highest BCUT2D eigenvalue weighted by Crippen LogP contribution is 2.60. The van der Waals surface area contributed by atoms with Crippen molar-refractivity contribution in [3.05, 3.63) is 58.4 Å². The van der Waals surface area contributed by atoms with Crippen LogP contribution < -0.4 is 0 Å². The molecule has 0 amide bonds. The molecule has 36 heavy (non-hydrogen) atoms. The largest absolute Gasteiger partial charge is 0.481 e. The summed E-state index contributed by atoms with van der Waals surface area (Å²) in [5.74, 6) is -2.59. The first-order chi connectivity index (χ1) is 17.3. The second-order valence-electron chi connectivity index (χ2n) is 10.9. The second kappa shape index (κ2) is 10.4. The average molecular weight is 487 g/mol. The minimum Gasteiger partial charge on any atom is -0.481 e. The Kier molecular flexibility index (Phi) is 7.51. The van der Waals surface area contributed by atoms with Crippen LogP contribution in [0, 0.1) is 33.9 Å². The Morgan fingerprint density at radius 2 is 1.67 bits per heavy atom. The number of carboxylic acid groups (broad SMARTS) is 1. The van der Waals surface area contributed by atoms with Crippen LogP contribution in [0.4, 0.5) is 4.39 Å². The maximum atomic E-state index is 15.0. The topological polar surface area (TPSA) is 84.9 Å². The van der Waals surface area contributed by atoms with E-state index in [-0.39, 0.29) is 23.0 Å². The molecule has 1 N–H and O–H groups in total. The number of hydrogen-bond acceptors (Lipinski definition) is 3. The van der Waals surface area contributed by atoms with Crippen molar-refractivity contribution in [2.24, 2.45) is 5.41 Å². The van der Waals surface area contributed by atoms with Gasteiger partial charge in [-0.05, 0) is 79.4 Å². The highest BCUT2D eigenvalue weighted by atomic mass is 19.1. The van der Waals surface area contributed by atoms with Crippen LogP contribution in [0.2, 0.25) is 0 Å². The van der Waals surface area contributed by atoms with E-state index >= 15 is 0 Å². The fourth-order valence-corrected chi connectivity index (χ4v) is 6.81. The normalized spacial score (nSPS) is 23.6. The number of nitrogens with zero attached hydrogens (tertiary/aromatic N) is 2. The van der Waals surface area contributed by atoms with Crippen molar-refractivity contribution >= 4 is 5.97 Å². The van der Waals surface area contributed by atoms with Crippen molar-refractivity contribution in [2.75, 3.05) is 0 Å². The lowest BCUT2D eigenvalue weighted by atomic mass is 9.50. The molecule has 2 aromatic rings. The molecule has 5 rings (SSSR count). The van der Waals surface area contributed by atoms with E-state index in [0.717, 1.165) is 24.8 Å².